The first-order chi connectivity index (χ1) is 3.73. The van der Waals surface area contributed by atoms with E-state index in [0.717, 1.165) is 0 Å². The number of nitrogens with one attached hydrogen (secondary N) is 1. The van der Waals surface area contributed by atoms with Gasteiger partial charge in [0.25, 0.3) is 7.82 Å². The highest BCUT2D eigenvalue weighted by Gasteiger charge is 1.82. The molecule has 0 heterocycles. The molecule has 0 saturated heterocycles. The molecule has 0 bridgehead atoms. The summed E-state index contributed by atoms with van der Waals surface area (Å²) in [5.41, 5.74) is 8.94. The molecule has 7 N–H and O–H groups in total. The fourth-order valence-electron chi connectivity index (χ4n) is 0. The summed E-state index contributed by atoms with van der Waals surface area (Å²) in [6.45, 7) is 0. The molecule has 0 unspecified atom stereocenters. The number of rotatable bonds is 0. The highest BCUT2D eigenvalue weighted by molar-refractivity contribution is 7.43. The highest BCUT2D eigenvalue weighted by Crippen LogP contribution is 2.18. The van der Waals surface area contributed by atoms with Crippen LogP contribution in [-0.4, -0.2) is 15.7 Å². The van der Waals surface area contributed by atoms with Gasteiger partial charge in [0.05, 0.1) is 0 Å². The van der Waals surface area contributed by atoms with E-state index in [-0.39, 0.29) is 5.96 Å². The van der Waals surface area contributed by atoms with E-state index in [4.69, 9.17) is 24.7 Å². The van der Waals surface area contributed by atoms with Crippen molar-refractivity contribution in [1.82, 2.24) is 0 Å². The molecule has 56 valence electrons. The summed E-state index contributed by atoms with van der Waals surface area (Å²) >= 11 is 0. The van der Waals surface area contributed by atoms with E-state index in [9.17, 15) is 0 Å². The molecule has 0 aromatic heterocycles. The third-order valence-electron chi connectivity index (χ3n) is 0. The normalized spacial score (nSPS) is 9.22. The van der Waals surface area contributed by atoms with Crippen LogP contribution in [0.25, 0.3) is 0 Å². The Hall–Kier alpha value is -0.620. The van der Waals surface area contributed by atoms with Gasteiger partial charge in [-0.05, 0) is 0 Å². The van der Waals surface area contributed by atoms with E-state index in [1.54, 1.807) is 0 Å². The topological polar surface area (TPSA) is 156 Å². The summed E-state index contributed by atoms with van der Waals surface area (Å²) in [5, 5.41) is 6.06. The van der Waals surface area contributed by atoms with Crippen molar-refractivity contribution in [3.8, 4) is 0 Å². The summed E-state index contributed by atoms with van der Waals surface area (Å²) < 4.78 is 8.77. The van der Waals surface area contributed by atoms with E-state index in [2.05, 4.69) is 11.5 Å². The van der Waals surface area contributed by atoms with Gasteiger partial charge in [0, 0.05) is 0 Å². The standard InChI is InChI=1S/CH5N3.H3O4P/c2-1(3)4;1-5(2,3)4/h(H5,2,3,4);(H3,1,2,3,4)/p-1. The summed E-state index contributed by atoms with van der Waals surface area (Å²) in [4.78, 5) is 22.9. The monoisotopic (exact) mass is 156 g/mol. The maximum Gasteiger partial charge on any atom is 0.262 e. The first kappa shape index (κ1) is 11.2. The van der Waals surface area contributed by atoms with Gasteiger partial charge in [0.2, 0.25) is 0 Å². The van der Waals surface area contributed by atoms with Crippen molar-refractivity contribution in [2.24, 2.45) is 11.5 Å². The largest absolute Gasteiger partial charge is 0.756 e. The number of nitrogens with two attached hydrogens (primary N) is 2. The number of phosphoric acid groups is 1. The lowest BCUT2D eigenvalue weighted by Crippen LogP contribution is -2.20. The molecule has 0 amide bonds. The van der Waals surface area contributed by atoms with Crippen LogP contribution in [0.2, 0.25) is 0 Å². The van der Waals surface area contributed by atoms with Crippen LogP contribution in [0.15, 0.2) is 0 Å². The zero-order valence-electron chi connectivity index (χ0n) is 4.31. The van der Waals surface area contributed by atoms with Gasteiger partial charge in [-0.25, -0.2) is 0 Å². The minimum Gasteiger partial charge on any atom is -0.756 e. The molecule has 7 nitrogen and oxygen atoms in total. The molecule has 0 aliphatic heterocycles. The molecule has 0 saturated carbocycles. The predicted molar refractivity (Wildman–Crippen MR) is 28.1 cm³/mol. The number of hydrogen-bond donors (Lipinski definition) is 5. The van der Waals surface area contributed by atoms with E-state index in [0.29, 0.717) is 0 Å². The van der Waals surface area contributed by atoms with E-state index in [1.165, 1.54) is 0 Å². The average Bonchev–Trinajstić information content (AvgIpc) is 1.19. The lowest BCUT2D eigenvalue weighted by Gasteiger charge is -2.01. The quantitative estimate of drug-likeness (QED) is 0.145. The van der Waals surface area contributed by atoms with E-state index < -0.39 is 7.82 Å². The molecular weight excluding hydrogens is 149 g/mol. The molecule has 9 heavy (non-hydrogen) atoms. The molecule has 0 rings (SSSR count). The van der Waals surface area contributed by atoms with Crippen molar-refractivity contribution in [2.45, 2.75) is 0 Å². The fraction of sp³-hybridized carbons (Fsp3) is 0. The van der Waals surface area contributed by atoms with Crippen LogP contribution in [0.1, 0.15) is 0 Å². The first-order valence-corrected chi connectivity index (χ1v) is 3.12. The fourth-order valence-corrected chi connectivity index (χ4v) is 0. The maximum absolute atomic E-state index is 8.77. The Labute approximate surface area is 51.0 Å². The van der Waals surface area contributed by atoms with Crippen LogP contribution in [0, 0.1) is 5.41 Å². The van der Waals surface area contributed by atoms with Gasteiger partial charge in [-0.15, -0.1) is 0 Å². The minimum atomic E-state index is -4.89. The minimum absolute atomic E-state index is 0.333. The van der Waals surface area contributed by atoms with E-state index in [1.807, 2.05) is 0 Å². The maximum atomic E-state index is 8.77. The van der Waals surface area contributed by atoms with Crippen LogP contribution >= 0.6 is 7.82 Å². The van der Waals surface area contributed by atoms with Gasteiger partial charge in [0.15, 0.2) is 5.96 Å². The lowest BCUT2D eigenvalue weighted by atomic mass is 11.1. The molecule has 8 heteroatoms. The Balaban J connectivity index is 0. The second kappa shape index (κ2) is 4.28. The molecule has 0 fully saturated rings. The molecule has 0 aliphatic carbocycles. The Morgan fingerprint density at radius 3 is 1.56 bits per heavy atom. The summed E-state index contributed by atoms with van der Waals surface area (Å²) in [5.74, 6) is -0.333. The third-order valence-corrected chi connectivity index (χ3v) is 0. The number of guanidine groups is 1. The molecular formula is CH7N3O4P-. The second-order valence-corrected chi connectivity index (χ2v) is 1.93. The Morgan fingerprint density at radius 2 is 1.56 bits per heavy atom. The SMILES string of the molecule is N=C(N)N.O=P([O-])(O)O. The van der Waals surface area contributed by atoms with Crippen LogP contribution in [0.3, 0.4) is 0 Å². The predicted octanol–water partition coefficient (Wildman–Crippen LogP) is -2.72. The smallest absolute Gasteiger partial charge is 0.262 e. The van der Waals surface area contributed by atoms with Crippen LogP contribution < -0.4 is 16.4 Å². The van der Waals surface area contributed by atoms with Crippen molar-refractivity contribution >= 4 is 13.8 Å². The van der Waals surface area contributed by atoms with Gasteiger partial charge in [0.1, 0.15) is 0 Å². The van der Waals surface area contributed by atoms with Crippen molar-refractivity contribution < 1.29 is 19.2 Å². The van der Waals surface area contributed by atoms with Crippen molar-refractivity contribution in [2.75, 3.05) is 0 Å². The molecule has 0 radical (unpaired) electrons. The molecule has 0 aromatic rings. The van der Waals surface area contributed by atoms with Crippen LogP contribution in [-0.2, 0) is 4.57 Å². The average molecular weight is 156 g/mol. The van der Waals surface area contributed by atoms with Crippen molar-refractivity contribution in [1.29, 1.82) is 5.41 Å². The molecule has 0 spiro atoms. The molecule has 0 aromatic carbocycles. The lowest BCUT2D eigenvalue weighted by molar-refractivity contribution is -0.214. The van der Waals surface area contributed by atoms with Gasteiger partial charge in [-0.2, -0.15) is 0 Å². The van der Waals surface area contributed by atoms with E-state index >= 15 is 0 Å². The van der Waals surface area contributed by atoms with Crippen LogP contribution in [0.4, 0.5) is 0 Å². The Bertz CT molecular complexity index is 116. The molecule has 0 aliphatic rings. The summed E-state index contributed by atoms with van der Waals surface area (Å²) in [6, 6.07) is 0. The van der Waals surface area contributed by atoms with Crippen molar-refractivity contribution in [3.63, 3.8) is 0 Å². The highest BCUT2D eigenvalue weighted by atomic mass is 31.2. The van der Waals surface area contributed by atoms with Crippen LogP contribution in [0.5, 0.6) is 0 Å². The Kier molecular flexibility index (Phi) is 5.33. The third kappa shape index (κ3) is 556. The first-order valence-electron chi connectivity index (χ1n) is 1.59. The summed E-state index contributed by atoms with van der Waals surface area (Å²) in [6.07, 6.45) is 0. The summed E-state index contributed by atoms with van der Waals surface area (Å²) in [7, 11) is -4.89. The second-order valence-electron chi connectivity index (χ2n) is 0.946. The molecule has 0 atom stereocenters. The zero-order valence-corrected chi connectivity index (χ0v) is 5.21. The van der Waals surface area contributed by atoms with Gasteiger partial charge in [-0.3, -0.25) is 9.97 Å². The Morgan fingerprint density at radius 1 is 1.56 bits per heavy atom. The van der Waals surface area contributed by atoms with Gasteiger partial charge < -0.3 is 26.1 Å². The zero-order chi connectivity index (χ0) is 8.08. The number of hydrogen-bond acceptors (Lipinski definition) is 3. The van der Waals surface area contributed by atoms with Gasteiger partial charge >= 0.3 is 0 Å². The van der Waals surface area contributed by atoms with Gasteiger partial charge in [-0.1, -0.05) is 0 Å². The van der Waals surface area contributed by atoms with Crippen molar-refractivity contribution in [3.05, 3.63) is 0 Å².